The summed E-state index contributed by atoms with van der Waals surface area (Å²) in [6.45, 7) is 1.30. The molecule has 22 heavy (non-hydrogen) atoms. The van der Waals surface area contributed by atoms with E-state index in [9.17, 15) is 0 Å². The highest BCUT2D eigenvalue weighted by atomic mass is 16.5. The van der Waals surface area contributed by atoms with Gasteiger partial charge >= 0.3 is 0 Å². The van der Waals surface area contributed by atoms with Crippen LogP contribution in [0.1, 0.15) is 11.1 Å². The van der Waals surface area contributed by atoms with Crippen LogP contribution in [0.25, 0.3) is 11.3 Å². The van der Waals surface area contributed by atoms with E-state index in [0.29, 0.717) is 6.54 Å². The summed E-state index contributed by atoms with van der Waals surface area (Å²) in [6, 6.07) is 16.3. The third kappa shape index (κ3) is 3.02. The van der Waals surface area contributed by atoms with Crippen LogP contribution >= 0.6 is 0 Å². The van der Waals surface area contributed by atoms with Crippen LogP contribution in [0, 0.1) is 0 Å². The van der Waals surface area contributed by atoms with Gasteiger partial charge in [0.25, 0.3) is 0 Å². The molecule has 4 nitrogen and oxygen atoms in total. The number of ether oxygens (including phenoxy) is 1. The molecule has 112 valence electrons. The summed E-state index contributed by atoms with van der Waals surface area (Å²) in [5, 5.41) is 0. The summed E-state index contributed by atoms with van der Waals surface area (Å²) in [5.41, 5.74) is 9.90. The van der Waals surface area contributed by atoms with Gasteiger partial charge in [0.05, 0.1) is 19.1 Å². The highest BCUT2D eigenvalue weighted by Crippen LogP contribution is 2.29. The highest BCUT2D eigenvalue weighted by molar-refractivity contribution is 5.67. The summed E-state index contributed by atoms with van der Waals surface area (Å²) in [4.78, 5) is 4.51. The summed E-state index contributed by atoms with van der Waals surface area (Å²) >= 11 is 0. The van der Waals surface area contributed by atoms with Crippen LogP contribution in [0.3, 0.4) is 0 Å². The first kappa shape index (κ1) is 14.4. The lowest BCUT2D eigenvalue weighted by atomic mass is 10.1. The van der Waals surface area contributed by atoms with Crippen molar-refractivity contribution in [1.82, 2.24) is 9.55 Å². The predicted molar refractivity (Wildman–Crippen MR) is 87.7 cm³/mol. The first-order valence-electron chi connectivity index (χ1n) is 7.23. The quantitative estimate of drug-likeness (QED) is 0.786. The molecule has 0 aliphatic carbocycles. The minimum Gasteiger partial charge on any atom is -0.496 e. The van der Waals surface area contributed by atoms with Crippen LogP contribution in [0.4, 0.5) is 0 Å². The van der Waals surface area contributed by atoms with Gasteiger partial charge in [-0.2, -0.15) is 0 Å². The molecule has 0 saturated carbocycles. The Morgan fingerprint density at radius 2 is 1.91 bits per heavy atom. The second-order valence-corrected chi connectivity index (χ2v) is 5.16. The van der Waals surface area contributed by atoms with Crippen molar-refractivity contribution in [1.29, 1.82) is 0 Å². The average Bonchev–Trinajstić information content (AvgIpc) is 3.03. The molecule has 0 saturated heterocycles. The molecule has 2 N–H and O–H groups in total. The van der Waals surface area contributed by atoms with Crippen molar-refractivity contribution in [3.8, 4) is 17.0 Å². The van der Waals surface area contributed by atoms with Crippen molar-refractivity contribution in [3.05, 3.63) is 72.2 Å². The molecule has 0 aliphatic rings. The Labute approximate surface area is 130 Å². The monoisotopic (exact) mass is 293 g/mol. The van der Waals surface area contributed by atoms with E-state index in [-0.39, 0.29) is 0 Å². The number of imidazole rings is 1. The molecule has 0 unspecified atom stereocenters. The smallest absolute Gasteiger partial charge is 0.128 e. The second kappa shape index (κ2) is 6.45. The fourth-order valence-electron chi connectivity index (χ4n) is 2.46. The molecule has 1 heterocycles. The number of hydrogen-bond acceptors (Lipinski definition) is 3. The van der Waals surface area contributed by atoms with E-state index in [1.54, 1.807) is 7.11 Å². The molecule has 3 rings (SSSR count). The molecule has 0 fully saturated rings. The van der Waals surface area contributed by atoms with E-state index >= 15 is 0 Å². The molecule has 1 aromatic heterocycles. The molecule has 2 aromatic carbocycles. The van der Waals surface area contributed by atoms with Crippen LogP contribution in [0.5, 0.6) is 5.75 Å². The van der Waals surface area contributed by atoms with Gasteiger partial charge in [-0.15, -0.1) is 0 Å². The standard InChI is InChI=1S/C18H19N3O/c1-22-18-8-7-15(10-19)9-16(18)17-12-21(13-20-17)11-14-5-3-2-4-6-14/h2-9,12-13H,10-11,19H2,1H3. The first-order chi connectivity index (χ1) is 10.8. The predicted octanol–water partition coefficient (Wildman–Crippen LogP) is 3.07. The maximum absolute atomic E-state index is 5.73. The van der Waals surface area contributed by atoms with Gasteiger partial charge < -0.3 is 15.0 Å². The molecular formula is C18H19N3O. The van der Waals surface area contributed by atoms with Gasteiger partial charge in [0.1, 0.15) is 5.75 Å². The first-order valence-corrected chi connectivity index (χ1v) is 7.23. The van der Waals surface area contributed by atoms with Crippen LogP contribution in [-0.2, 0) is 13.1 Å². The molecular weight excluding hydrogens is 274 g/mol. The van der Waals surface area contributed by atoms with Gasteiger partial charge in [-0.25, -0.2) is 4.98 Å². The van der Waals surface area contributed by atoms with E-state index < -0.39 is 0 Å². The molecule has 0 bridgehead atoms. The maximum atomic E-state index is 5.73. The van der Waals surface area contributed by atoms with Crippen molar-refractivity contribution in [2.24, 2.45) is 5.73 Å². The van der Waals surface area contributed by atoms with E-state index in [2.05, 4.69) is 21.7 Å². The molecule has 0 aliphatic heterocycles. The van der Waals surface area contributed by atoms with Gasteiger partial charge in [-0.1, -0.05) is 36.4 Å². The van der Waals surface area contributed by atoms with E-state index in [1.807, 2.05) is 48.9 Å². The Kier molecular flexibility index (Phi) is 4.21. The minimum absolute atomic E-state index is 0.502. The summed E-state index contributed by atoms with van der Waals surface area (Å²) in [7, 11) is 1.67. The Morgan fingerprint density at radius 1 is 1.09 bits per heavy atom. The van der Waals surface area contributed by atoms with Crippen LogP contribution in [-0.4, -0.2) is 16.7 Å². The third-order valence-corrected chi connectivity index (χ3v) is 3.62. The number of aromatic nitrogens is 2. The SMILES string of the molecule is COc1ccc(CN)cc1-c1cn(Cc2ccccc2)cn1. The van der Waals surface area contributed by atoms with Gasteiger partial charge in [-0.05, 0) is 23.3 Å². The number of rotatable bonds is 5. The van der Waals surface area contributed by atoms with Gasteiger partial charge in [-0.3, -0.25) is 0 Å². The molecule has 3 aromatic rings. The Morgan fingerprint density at radius 3 is 2.64 bits per heavy atom. The van der Waals surface area contributed by atoms with Crippen LogP contribution in [0.15, 0.2) is 61.1 Å². The fourth-order valence-corrected chi connectivity index (χ4v) is 2.46. The van der Waals surface area contributed by atoms with Crippen LogP contribution in [0.2, 0.25) is 0 Å². The molecule has 0 atom stereocenters. The summed E-state index contributed by atoms with van der Waals surface area (Å²) in [5.74, 6) is 0.808. The molecule has 0 radical (unpaired) electrons. The summed E-state index contributed by atoms with van der Waals surface area (Å²) < 4.78 is 7.51. The lowest BCUT2D eigenvalue weighted by Gasteiger charge is -2.08. The zero-order chi connectivity index (χ0) is 15.4. The lowest BCUT2D eigenvalue weighted by Crippen LogP contribution is -1.98. The number of methoxy groups -OCH3 is 1. The van der Waals surface area contributed by atoms with Crippen molar-refractivity contribution in [2.75, 3.05) is 7.11 Å². The maximum Gasteiger partial charge on any atom is 0.128 e. The zero-order valence-electron chi connectivity index (χ0n) is 12.6. The largest absolute Gasteiger partial charge is 0.496 e. The van der Waals surface area contributed by atoms with E-state index in [1.165, 1.54) is 5.56 Å². The minimum atomic E-state index is 0.502. The zero-order valence-corrected chi connectivity index (χ0v) is 12.6. The average molecular weight is 293 g/mol. The number of benzene rings is 2. The van der Waals surface area contributed by atoms with Gasteiger partial charge in [0.2, 0.25) is 0 Å². The third-order valence-electron chi connectivity index (χ3n) is 3.62. The topological polar surface area (TPSA) is 53.1 Å². The van der Waals surface area contributed by atoms with Gasteiger partial charge in [0.15, 0.2) is 0 Å². The second-order valence-electron chi connectivity index (χ2n) is 5.16. The van der Waals surface area contributed by atoms with Crippen molar-refractivity contribution in [3.63, 3.8) is 0 Å². The summed E-state index contributed by atoms with van der Waals surface area (Å²) in [6.07, 6.45) is 3.88. The molecule has 4 heteroatoms. The fraction of sp³-hybridized carbons (Fsp3) is 0.167. The number of nitrogens with two attached hydrogens (primary N) is 1. The van der Waals surface area contributed by atoms with E-state index in [4.69, 9.17) is 10.5 Å². The number of nitrogens with zero attached hydrogens (tertiary/aromatic N) is 2. The lowest BCUT2D eigenvalue weighted by molar-refractivity contribution is 0.416. The molecule has 0 spiro atoms. The Hall–Kier alpha value is -2.59. The van der Waals surface area contributed by atoms with Crippen LogP contribution < -0.4 is 10.5 Å². The highest BCUT2D eigenvalue weighted by Gasteiger charge is 2.10. The van der Waals surface area contributed by atoms with Crippen molar-refractivity contribution >= 4 is 0 Å². The Balaban J connectivity index is 1.90. The number of hydrogen-bond donors (Lipinski definition) is 1. The van der Waals surface area contributed by atoms with E-state index in [0.717, 1.165) is 29.1 Å². The van der Waals surface area contributed by atoms with Crippen molar-refractivity contribution in [2.45, 2.75) is 13.1 Å². The van der Waals surface area contributed by atoms with Crippen molar-refractivity contribution < 1.29 is 4.74 Å². The normalized spacial score (nSPS) is 10.6. The Bertz CT molecular complexity index is 750. The van der Waals surface area contributed by atoms with Gasteiger partial charge in [0, 0.05) is 24.8 Å². The molecule has 0 amide bonds.